The maximum atomic E-state index is 13.4. The maximum Gasteiger partial charge on any atom is 0.225 e. The van der Waals surface area contributed by atoms with Gasteiger partial charge in [-0.25, -0.2) is 14.4 Å². The van der Waals surface area contributed by atoms with Crippen LogP contribution in [0, 0.1) is 5.82 Å². The number of hydrogen-bond donors (Lipinski definition) is 0. The average Bonchev–Trinajstić information content (AvgIpc) is 2.67. The van der Waals surface area contributed by atoms with Crippen molar-refractivity contribution in [1.29, 1.82) is 0 Å². The van der Waals surface area contributed by atoms with Crippen molar-refractivity contribution < 1.29 is 9.18 Å². The Labute approximate surface area is 153 Å². The third-order valence-corrected chi connectivity index (χ3v) is 4.80. The molecule has 6 heteroatoms. The third kappa shape index (κ3) is 3.69. The summed E-state index contributed by atoms with van der Waals surface area (Å²) in [6.07, 6.45) is 5.22. The number of carbonyl (C=O) groups is 1. The van der Waals surface area contributed by atoms with Crippen molar-refractivity contribution in [3.8, 4) is 11.1 Å². The van der Waals surface area contributed by atoms with E-state index in [-0.39, 0.29) is 17.8 Å². The molecule has 0 unspecified atom stereocenters. The second-order valence-electron chi connectivity index (χ2n) is 6.82. The minimum absolute atomic E-state index is 0.0713. The normalized spacial score (nSPS) is 17.2. The highest BCUT2D eigenvalue weighted by molar-refractivity contribution is 5.77. The number of rotatable bonds is 4. The average molecular weight is 356 g/mol. The SMILES string of the molecule is CCC(=O)N1CCCC[C@@H]1c1nc(N(C)C)ncc1-c1ccc(F)cc1. The molecule has 1 aliphatic rings. The van der Waals surface area contributed by atoms with Gasteiger partial charge < -0.3 is 9.80 Å². The molecule has 2 heterocycles. The molecule has 0 bridgehead atoms. The Morgan fingerprint density at radius 2 is 2.00 bits per heavy atom. The lowest BCUT2D eigenvalue weighted by atomic mass is 9.93. The molecule has 0 spiro atoms. The number of piperidine rings is 1. The maximum absolute atomic E-state index is 13.4. The van der Waals surface area contributed by atoms with E-state index in [0.29, 0.717) is 12.4 Å². The van der Waals surface area contributed by atoms with Crippen molar-refractivity contribution in [2.75, 3.05) is 25.5 Å². The molecule has 1 aromatic carbocycles. The van der Waals surface area contributed by atoms with E-state index < -0.39 is 0 Å². The van der Waals surface area contributed by atoms with E-state index in [1.165, 1.54) is 12.1 Å². The second kappa shape index (κ2) is 7.81. The smallest absolute Gasteiger partial charge is 0.225 e. The molecule has 1 aliphatic heterocycles. The summed E-state index contributed by atoms with van der Waals surface area (Å²) in [7, 11) is 3.79. The van der Waals surface area contributed by atoms with E-state index in [4.69, 9.17) is 4.98 Å². The van der Waals surface area contributed by atoms with Crippen LogP contribution in [0.1, 0.15) is 44.3 Å². The highest BCUT2D eigenvalue weighted by Crippen LogP contribution is 2.36. The summed E-state index contributed by atoms with van der Waals surface area (Å²) in [6.45, 7) is 2.64. The standard InChI is InChI=1S/C20H25FN4O/c1-4-18(26)25-12-6-5-7-17(25)19-16(13-22-20(23-19)24(2)3)14-8-10-15(21)11-9-14/h8-11,13,17H,4-7,12H2,1-3H3/t17-/m1/s1. The van der Waals surface area contributed by atoms with Crippen LogP contribution in [0.3, 0.4) is 0 Å². The number of anilines is 1. The van der Waals surface area contributed by atoms with Gasteiger partial charge in [0.25, 0.3) is 0 Å². The first kappa shape index (κ1) is 18.3. The predicted molar refractivity (Wildman–Crippen MR) is 100 cm³/mol. The Morgan fingerprint density at radius 3 is 2.65 bits per heavy atom. The zero-order chi connectivity index (χ0) is 18.7. The van der Waals surface area contributed by atoms with Gasteiger partial charge in [-0.2, -0.15) is 0 Å². The molecule has 1 saturated heterocycles. The fraction of sp³-hybridized carbons (Fsp3) is 0.450. The lowest BCUT2D eigenvalue weighted by Crippen LogP contribution is -2.38. The Hall–Kier alpha value is -2.50. The lowest BCUT2D eigenvalue weighted by Gasteiger charge is -2.36. The highest BCUT2D eigenvalue weighted by atomic mass is 19.1. The topological polar surface area (TPSA) is 49.3 Å². The van der Waals surface area contributed by atoms with Crippen molar-refractivity contribution in [2.45, 2.75) is 38.6 Å². The van der Waals surface area contributed by atoms with Gasteiger partial charge in [-0.1, -0.05) is 19.1 Å². The molecule has 3 rings (SSSR count). The van der Waals surface area contributed by atoms with E-state index in [1.807, 2.05) is 30.8 Å². The second-order valence-corrected chi connectivity index (χ2v) is 6.82. The molecular formula is C20H25FN4O. The Kier molecular flexibility index (Phi) is 5.49. The van der Waals surface area contributed by atoms with E-state index in [1.54, 1.807) is 18.3 Å². The van der Waals surface area contributed by atoms with Gasteiger partial charge in [0.15, 0.2) is 0 Å². The number of aromatic nitrogens is 2. The van der Waals surface area contributed by atoms with Crippen LogP contribution in [0.15, 0.2) is 30.5 Å². The molecule has 0 N–H and O–H groups in total. The van der Waals surface area contributed by atoms with Crippen LogP contribution in [-0.2, 0) is 4.79 Å². The van der Waals surface area contributed by atoms with Gasteiger partial charge in [0, 0.05) is 38.8 Å². The van der Waals surface area contributed by atoms with Crippen molar-refractivity contribution in [1.82, 2.24) is 14.9 Å². The molecular weight excluding hydrogens is 331 g/mol. The van der Waals surface area contributed by atoms with Gasteiger partial charge in [0.2, 0.25) is 11.9 Å². The van der Waals surface area contributed by atoms with Gasteiger partial charge >= 0.3 is 0 Å². The molecule has 1 atom stereocenters. The van der Waals surface area contributed by atoms with Crippen LogP contribution in [0.25, 0.3) is 11.1 Å². The van der Waals surface area contributed by atoms with Crippen molar-refractivity contribution in [2.24, 2.45) is 0 Å². The summed E-state index contributed by atoms with van der Waals surface area (Å²) in [6, 6.07) is 6.28. The van der Waals surface area contributed by atoms with Gasteiger partial charge in [-0.05, 0) is 37.0 Å². The first-order valence-electron chi connectivity index (χ1n) is 9.11. The lowest BCUT2D eigenvalue weighted by molar-refractivity contribution is -0.134. The largest absolute Gasteiger partial charge is 0.347 e. The van der Waals surface area contributed by atoms with Crippen LogP contribution >= 0.6 is 0 Å². The molecule has 26 heavy (non-hydrogen) atoms. The number of amides is 1. The van der Waals surface area contributed by atoms with Crippen molar-refractivity contribution in [3.63, 3.8) is 0 Å². The molecule has 1 amide bonds. The summed E-state index contributed by atoms with van der Waals surface area (Å²) >= 11 is 0. The fourth-order valence-corrected chi connectivity index (χ4v) is 3.42. The molecule has 0 saturated carbocycles. The van der Waals surface area contributed by atoms with Crippen LogP contribution in [-0.4, -0.2) is 41.4 Å². The van der Waals surface area contributed by atoms with E-state index >= 15 is 0 Å². The minimum atomic E-state index is -0.276. The molecule has 1 fully saturated rings. The molecule has 1 aromatic heterocycles. The summed E-state index contributed by atoms with van der Waals surface area (Å²) in [5.41, 5.74) is 2.56. The number of halogens is 1. The zero-order valence-corrected chi connectivity index (χ0v) is 15.6. The summed E-state index contributed by atoms with van der Waals surface area (Å²) in [4.78, 5) is 25.5. The summed E-state index contributed by atoms with van der Waals surface area (Å²) < 4.78 is 13.4. The molecule has 2 aromatic rings. The fourth-order valence-electron chi connectivity index (χ4n) is 3.42. The first-order valence-corrected chi connectivity index (χ1v) is 9.11. The van der Waals surface area contributed by atoms with Gasteiger partial charge in [-0.3, -0.25) is 4.79 Å². The van der Waals surface area contributed by atoms with Crippen LogP contribution in [0.2, 0.25) is 0 Å². The van der Waals surface area contributed by atoms with Crippen LogP contribution in [0.4, 0.5) is 10.3 Å². The predicted octanol–water partition coefficient (Wildman–Crippen LogP) is 3.81. The van der Waals surface area contributed by atoms with Gasteiger partial charge in [0.05, 0.1) is 11.7 Å². The quantitative estimate of drug-likeness (QED) is 0.836. The Morgan fingerprint density at radius 1 is 1.27 bits per heavy atom. The molecule has 138 valence electrons. The third-order valence-electron chi connectivity index (χ3n) is 4.80. The monoisotopic (exact) mass is 356 g/mol. The van der Waals surface area contributed by atoms with Gasteiger partial charge in [0.1, 0.15) is 5.82 Å². The number of hydrogen-bond acceptors (Lipinski definition) is 4. The minimum Gasteiger partial charge on any atom is -0.347 e. The van der Waals surface area contributed by atoms with Crippen molar-refractivity contribution in [3.05, 3.63) is 42.0 Å². The van der Waals surface area contributed by atoms with Crippen LogP contribution < -0.4 is 4.90 Å². The zero-order valence-electron chi connectivity index (χ0n) is 15.6. The molecule has 0 radical (unpaired) electrons. The highest BCUT2D eigenvalue weighted by Gasteiger charge is 2.30. The molecule has 0 aliphatic carbocycles. The number of carbonyl (C=O) groups excluding carboxylic acids is 1. The molecule has 5 nitrogen and oxygen atoms in total. The first-order chi connectivity index (χ1) is 12.5. The van der Waals surface area contributed by atoms with Gasteiger partial charge in [-0.15, -0.1) is 0 Å². The Balaban J connectivity index is 2.11. The van der Waals surface area contributed by atoms with E-state index in [9.17, 15) is 9.18 Å². The van der Waals surface area contributed by atoms with Crippen molar-refractivity contribution >= 4 is 11.9 Å². The summed E-state index contributed by atoms with van der Waals surface area (Å²) in [5, 5.41) is 0. The number of likely N-dealkylation sites (tertiary alicyclic amines) is 1. The van der Waals surface area contributed by atoms with E-state index in [0.717, 1.165) is 42.6 Å². The number of nitrogens with zero attached hydrogens (tertiary/aromatic N) is 4. The Bertz CT molecular complexity index is 776. The summed E-state index contributed by atoms with van der Waals surface area (Å²) in [5.74, 6) is 0.478. The number of benzene rings is 1. The van der Waals surface area contributed by atoms with Crippen LogP contribution in [0.5, 0.6) is 0 Å². The van der Waals surface area contributed by atoms with E-state index in [2.05, 4.69) is 4.98 Å².